The Balaban J connectivity index is 1.78. The summed E-state index contributed by atoms with van der Waals surface area (Å²) in [6, 6.07) is 13.6. The molecule has 1 aromatic carbocycles. The lowest BCUT2D eigenvalue weighted by Gasteiger charge is -2.03. The van der Waals surface area contributed by atoms with Crippen molar-refractivity contribution in [3.63, 3.8) is 0 Å². The SMILES string of the molecule is Cc1ccc(OCc2cn3c(Cl)cccc3n2)cc1. The zero-order valence-corrected chi connectivity index (χ0v) is 11.3. The van der Waals surface area contributed by atoms with Gasteiger partial charge in [0, 0.05) is 6.20 Å². The highest BCUT2D eigenvalue weighted by Crippen LogP contribution is 2.16. The maximum Gasteiger partial charge on any atom is 0.138 e. The number of fused-ring (bicyclic) bond motifs is 1. The Morgan fingerprint density at radius 1 is 1.16 bits per heavy atom. The molecule has 0 aliphatic heterocycles. The average Bonchev–Trinajstić information content (AvgIpc) is 2.83. The van der Waals surface area contributed by atoms with E-state index in [0.717, 1.165) is 17.1 Å². The number of halogens is 1. The number of nitrogens with zero attached hydrogens (tertiary/aromatic N) is 2. The molecule has 19 heavy (non-hydrogen) atoms. The molecular formula is C15H13ClN2O. The summed E-state index contributed by atoms with van der Waals surface area (Å²) >= 11 is 6.09. The zero-order valence-electron chi connectivity index (χ0n) is 10.5. The van der Waals surface area contributed by atoms with Gasteiger partial charge in [-0.05, 0) is 31.2 Å². The summed E-state index contributed by atoms with van der Waals surface area (Å²) < 4.78 is 7.54. The third kappa shape index (κ3) is 2.56. The highest BCUT2D eigenvalue weighted by atomic mass is 35.5. The van der Waals surface area contributed by atoms with Crippen LogP contribution >= 0.6 is 11.6 Å². The average molecular weight is 273 g/mol. The molecule has 0 spiro atoms. The second kappa shape index (κ2) is 4.94. The van der Waals surface area contributed by atoms with Crippen molar-refractivity contribution in [2.75, 3.05) is 0 Å². The van der Waals surface area contributed by atoms with Crippen molar-refractivity contribution in [3.05, 3.63) is 65.1 Å². The van der Waals surface area contributed by atoms with Gasteiger partial charge in [-0.2, -0.15) is 0 Å². The second-order valence-electron chi connectivity index (χ2n) is 4.41. The number of hydrogen-bond acceptors (Lipinski definition) is 2. The van der Waals surface area contributed by atoms with E-state index in [1.54, 1.807) is 0 Å². The van der Waals surface area contributed by atoms with Crippen molar-refractivity contribution in [2.45, 2.75) is 13.5 Å². The molecule has 4 heteroatoms. The Bertz CT molecular complexity index is 704. The minimum absolute atomic E-state index is 0.432. The molecule has 0 aliphatic carbocycles. The van der Waals surface area contributed by atoms with E-state index >= 15 is 0 Å². The van der Waals surface area contributed by atoms with Gasteiger partial charge in [0.25, 0.3) is 0 Å². The fourth-order valence-corrected chi connectivity index (χ4v) is 2.10. The van der Waals surface area contributed by atoms with Gasteiger partial charge in [-0.3, -0.25) is 4.40 Å². The second-order valence-corrected chi connectivity index (χ2v) is 4.80. The first-order chi connectivity index (χ1) is 9.22. The molecule has 2 heterocycles. The standard InChI is InChI=1S/C15H13ClN2O/c1-11-5-7-13(8-6-11)19-10-12-9-18-14(16)3-2-4-15(18)17-12/h2-9H,10H2,1H3. The van der Waals surface area contributed by atoms with E-state index in [9.17, 15) is 0 Å². The number of aryl methyl sites for hydroxylation is 1. The molecule has 0 amide bonds. The highest BCUT2D eigenvalue weighted by molar-refractivity contribution is 6.29. The highest BCUT2D eigenvalue weighted by Gasteiger charge is 2.04. The van der Waals surface area contributed by atoms with Gasteiger partial charge in [0.15, 0.2) is 0 Å². The molecule has 0 radical (unpaired) electrons. The topological polar surface area (TPSA) is 26.5 Å². The van der Waals surface area contributed by atoms with Gasteiger partial charge in [0.05, 0.1) is 5.69 Å². The lowest BCUT2D eigenvalue weighted by Crippen LogP contribution is -1.95. The Labute approximate surface area is 116 Å². The molecule has 0 atom stereocenters. The van der Waals surface area contributed by atoms with E-state index in [1.165, 1.54) is 5.56 Å². The maximum atomic E-state index is 6.09. The molecule has 3 aromatic rings. The molecule has 0 aliphatic rings. The van der Waals surface area contributed by atoms with E-state index in [-0.39, 0.29) is 0 Å². The number of ether oxygens (including phenoxy) is 1. The molecule has 3 nitrogen and oxygen atoms in total. The van der Waals surface area contributed by atoms with Gasteiger partial charge in [-0.25, -0.2) is 4.98 Å². The molecule has 3 rings (SSSR count). The molecule has 96 valence electrons. The van der Waals surface area contributed by atoms with Crippen molar-refractivity contribution < 1.29 is 4.74 Å². The van der Waals surface area contributed by atoms with Crippen LogP contribution in [0.25, 0.3) is 5.65 Å². The van der Waals surface area contributed by atoms with Crippen LogP contribution in [0.15, 0.2) is 48.7 Å². The Kier molecular flexibility index (Phi) is 3.13. The van der Waals surface area contributed by atoms with Gasteiger partial charge >= 0.3 is 0 Å². The first-order valence-corrected chi connectivity index (χ1v) is 6.42. The van der Waals surface area contributed by atoms with Gasteiger partial charge in [0.1, 0.15) is 23.2 Å². The van der Waals surface area contributed by atoms with Crippen LogP contribution in [0.4, 0.5) is 0 Å². The van der Waals surface area contributed by atoms with Crippen LogP contribution in [-0.2, 0) is 6.61 Å². The summed E-state index contributed by atoms with van der Waals surface area (Å²) in [6.07, 6.45) is 1.89. The molecule has 0 unspecified atom stereocenters. The fourth-order valence-electron chi connectivity index (χ4n) is 1.89. The van der Waals surface area contributed by atoms with Crippen molar-refractivity contribution >= 4 is 17.2 Å². The Morgan fingerprint density at radius 2 is 1.95 bits per heavy atom. The first kappa shape index (κ1) is 12.1. The largest absolute Gasteiger partial charge is 0.487 e. The third-order valence-corrected chi connectivity index (χ3v) is 3.21. The smallest absolute Gasteiger partial charge is 0.138 e. The molecular weight excluding hydrogens is 260 g/mol. The number of hydrogen-bond donors (Lipinski definition) is 0. The monoisotopic (exact) mass is 272 g/mol. The minimum Gasteiger partial charge on any atom is -0.487 e. The quantitative estimate of drug-likeness (QED) is 0.677. The lowest BCUT2D eigenvalue weighted by atomic mass is 10.2. The molecule has 0 saturated carbocycles. The number of aromatic nitrogens is 2. The summed E-state index contributed by atoms with van der Waals surface area (Å²) in [7, 11) is 0. The number of imidazole rings is 1. The molecule has 0 saturated heterocycles. The van der Waals surface area contributed by atoms with Crippen molar-refractivity contribution in [1.82, 2.24) is 9.38 Å². The van der Waals surface area contributed by atoms with Crippen LogP contribution in [-0.4, -0.2) is 9.38 Å². The van der Waals surface area contributed by atoms with Gasteiger partial charge in [-0.1, -0.05) is 35.4 Å². The third-order valence-electron chi connectivity index (χ3n) is 2.90. The summed E-state index contributed by atoms with van der Waals surface area (Å²) in [4.78, 5) is 4.46. The van der Waals surface area contributed by atoms with Crippen molar-refractivity contribution in [3.8, 4) is 5.75 Å². The van der Waals surface area contributed by atoms with Crippen molar-refractivity contribution in [1.29, 1.82) is 0 Å². The number of rotatable bonds is 3. The lowest BCUT2D eigenvalue weighted by molar-refractivity contribution is 0.302. The van der Waals surface area contributed by atoms with Gasteiger partial charge < -0.3 is 4.74 Å². The van der Waals surface area contributed by atoms with E-state index in [2.05, 4.69) is 4.98 Å². The molecule has 0 bridgehead atoms. The van der Waals surface area contributed by atoms with Gasteiger partial charge in [-0.15, -0.1) is 0 Å². The summed E-state index contributed by atoms with van der Waals surface area (Å²) in [6.45, 7) is 2.48. The summed E-state index contributed by atoms with van der Waals surface area (Å²) in [5.74, 6) is 0.841. The summed E-state index contributed by atoms with van der Waals surface area (Å²) in [5.41, 5.74) is 2.90. The normalized spacial score (nSPS) is 10.8. The van der Waals surface area contributed by atoms with E-state index in [1.807, 2.05) is 60.0 Å². The first-order valence-electron chi connectivity index (χ1n) is 6.04. The van der Waals surface area contributed by atoms with Crippen molar-refractivity contribution in [2.24, 2.45) is 0 Å². The van der Waals surface area contributed by atoms with E-state index in [0.29, 0.717) is 11.8 Å². The van der Waals surface area contributed by atoms with Crippen LogP contribution in [0, 0.1) is 6.92 Å². The molecule has 0 N–H and O–H groups in total. The molecule has 2 aromatic heterocycles. The van der Waals surface area contributed by atoms with E-state index < -0.39 is 0 Å². The zero-order chi connectivity index (χ0) is 13.2. The predicted octanol–water partition coefficient (Wildman–Crippen LogP) is 3.88. The van der Waals surface area contributed by atoms with Crippen LogP contribution in [0.5, 0.6) is 5.75 Å². The van der Waals surface area contributed by atoms with Crippen LogP contribution in [0.1, 0.15) is 11.3 Å². The molecule has 0 fully saturated rings. The minimum atomic E-state index is 0.432. The number of benzene rings is 1. The summed E-state index contributed by atoms with van der Waals surface area (Å²) in [5, 5.41) is 0.645. The Hall–Kier alpha value is -2.00. The fraction of sp³-hybridized carbons (Fsp3) is 0.133. The number of pyridine rings is 1. The van der Waals surface area contributed by atoms with Crippen LogP contribution in [0.2, 0.25) is 5.15 Å². The predicted molar refractivity (Wildman–Crippen MR) is 75.7 cm³/mol. The van der Waals surface area contributed by atoms with Crippen LogP contribution in [0.3, 0.4) is 0 Å². The van der Waals surface area contributed by atoms with Gasteiger partial charge in [0.2, 0.25) is 0 Å². The van der Waals surface area contributed by atoms with E-state index in [4.69, 9.17) is 16.3 Å². The Morgan fingerprint density at radius 3 is 2.68 bits per heavy atom. The maximum absolute atomic E-state index is 6.09. The van der Waals surface area contributed by atoms with Crippen LogP contribution < -0.4 is 4.74 Å².